The lowest BCUT2D eigenvalue weighted by Gasteiger charge is -2.36. The summed E-state index contributed by atoms with van der Waals surface area (Å²) in [5.74, 6) is 0.0715. The third-order valence-corrected chi connectivity index (χ3v) is 6.73. The van der Waals surface area contributed by atoms with Crippen molar-refractivity contribution in [1.82, 2.24) is 4.90 Å². The van der Waals surface area contributed by atoms with Crippen LogP contribution in [0.2, 0.25) is 0 Å². The van der Waals surface area contributed by atoms with Gasteiger partial charge in [0, 0.05) is 25.6 Å². The van der Waals surface area contributed by atoms with Gasteiger partial charge in [-0.15, -0.1) is 0 Å². The first-order valence-electron chi connectivity index (χ1n) is 10.2. The van der Waals surface area contributed by atoms with Crippen molar-refractivity contribution >= 4 is 21.6 Å². The fraction of sp³-hybridized carbons (Fsp3) is 0.667. The Hall–Kier alpha value is -1.56. The number of aryl methyl sites for hydroxylation is 2. The third-order valence-electron chi connectivity index (χ3n) is 5.56. The molecule has 0 saturated carbocycles. The SMILES string of the molecule is CCc1cccc(CC)c1N(CCC(=O)N1CCCCC1CC)S(C)(=O)=O. The summed E-state index contributed by atoms with van der Waals surface area (Å²) in [6.45, 7) is 7.17. The zero-order valence-electron chi connectivity index (χ0n) is 17.2. The predicted molar refractivity (Wildman–Crippen MR) is 112 cm³/mol. The Morgan fingerprint density at radius 2 is 1.78 bits per heavy atom. The molecule has 1 aliphatic heterocycles. The predicted octanol–water partition coefficient (Wildman–Crippen LogP) is 3.76. The quantitative estimate of drug-likeness (QED) is 0.674. The monoisotopic (exact) mass is 394 g/mol. The van der Waals surface area contributed by atoms with Gasteiger partial charge < -0.3 is 4.90 Å². The molecule has 1 aromatic carbocycles. The van der Waals surface area contributed by atoms with Crippen molar-refractivity contribution in [2.75, 3.05) is 23.7 Å². The number of carbonyl (C=O) groups is 1. The molecule has 0 spiro atoms. The molecule has 2 rings (SSSR count). The van der Waals surface area contributed by atoms with Gasteiger partial charge >= 0.3 is 0 Å². The molecule has 1 heterocycles. The second kappa shape index (κ2) is 9.58. The summed E-state index contributed by atoms with van der Waals surface area (Å²) in [5, 5.41) is 0. The summed E-state index contributed by atoms with van der Waals surface area (Å²) < 4.78 is 26.6. The van der Waals surface area contributed by atoms with Gasteiger partial charge in [-0.3, -0.25) is 9.10 Å². The normalized spacial score (nSPS) is 17.8. The lowest BCUT2D eigenvalue weighted by atomic mass is 9.99. The van der Waals surface area contributed by atoms with Crippen LogP contribution in [0.3, 0.4) is 0 Å². The average Bonchev–Trinajstić information content (AvgIpc) is 2.66. The number of benzene rings is 1. The highest BCUT2D eigenvalue weighted by molar-refractivity contribution is 7.92. The van der Waals surface area contributed by atoms with E-state index in [9.17, 15) is 13.2 Å². The maximum Gasteiger partial charge on any atom is 0.232 e. The molecule has 1 aliphatic rings. The Balaban J connectivity index is 2.26. The van der Waals surface area contributed by atoms with E-state index < -0.39 is 10.0 Å². The molecule has 6 heteroatoms. The van der Waals surface area contributed by atoms with Gasteiger partial charge in [0.25, 0.3) is 0 Å². The lowest BCUT2D eigenvalue weighted by Crippen LogP contribution is -2.45. The molecule has 1 fully saturated rings. The highest BCUT2D eigenvalue weighted by atomic mass is 32.2. The van der Waals surface area contributed by atoms with E-state index in [1.54, 1.807) is 0 Å². The first kappa shape index (κ1) is 21.7. The van der Waals surface area contributed by atoms with E-state index in [1.807, 2.05) is 36.9 Å². The van der Waals surface area contributed by atoms with Crippen LogP contribution in [0.1, 0.15) is 64.0 Å². The largest absolute Gasteiger partial charge is 0.340 e. The van der Waals surface area contributed by atoms with Crippen LogP contribution in [0.25, 0.3) is 0 Å². The summed E-state index contributed by atoms with van der Waals surface area (Å²) in [4.78, 5) is 14.8. The third kappa shape index (κ3) is 5.24. The average molecular weight is 395 g/mol. The Bertz CT molecular complexity index is 724. The molecule has 1 aromatic rings. The van der Waals surface area contributed by atoms with E-state index >= 15 is 0 Å². The summed E-state index contributed by atoms with van der Waals surface area (Å²) in [6.07, 6.45) is 7.19. The smallest absolute Gasteiger partial charge is 0.232 e. The Morgan fingerprint density at radius 3 is 2.30 bits per heavy atom. The van der Waals surface area contributed by atoms with Crippen molar-refractivity contribution in [3.63, 3.8) is 0 Å². The van der Waals surface area contributed by atoms with E-state index in [-0.39, 0.29) is 18.9 Å². The van der Waals surface area contributed by atoms with Crippen molar-refractivity contribution in [2.45, 2.75) is 71.8 Å². The van der Waals surface area contributed by atoms with Gasteiger partial charge in [-0.05, 0) is 49.7 Å². The first-order valence-corrected chi connectivity index (χ1v) is 12.1. The van der Waals surface area contributed by atoms with E-state index in [0.29, 0.717) is 6.04 Å². The van der Waals surface area contributed by atoms with E-state index in [2.05, 4.69) is 6.92 Å². The molecule has 1 atom stereocenters. The molecule has 1 unspecified atom stereocenters. The number of para-hydroxylation sites is 1. The molecule has 0 bridgehead atoms. The summed E-state index contributed by atoms with van der Waals surface area (Å²) in [5.41, 5.74) is 2.79. The number of rotatable bonds is 8. The number of amides is 1. The number of hydrogen-bond acceptors (Lipinski definition) is 3. The molecule has 5 nitrogen and oxygen atoms in total. The number of piperidine rings is 1. The van der Waals surface area contributed by atoms with Gasteiger partial charge in [-0.25, -0.2) is 8.42 Å². The van der Waals surface area contributed by atoms with Crippen molar-refractivity contribution in [2.24, 2.45) is 0 Å². The topological polar surface area (TPSA) is 57.7 Å². The van der Waals surface area contributed by atoms with Crippen LogP contribution in [-0.4, -0.2) is 44.6 Å². The van der Waals surface area contributed by atoms with Crippen LogP contribution in [-0.2, 0) is 27.7 Å². The second-order valence-corrected chi connectivity index (χ2v) is 9.27. The maximum atomic E-state index is 12.8. The number of anilines is 1. The minimum Gasteiger partial charge on any atom is -0.340 e. The number of likely N-dealkylation sites (tertiary alicyclic amines) is 1. The van der Waals surface area contributed by atoms with E-state index in [1.165, 1.54) is 17.0 Å². The van der Waals surface area contributed by atoms with Gasteiger partial charge in [-0.2, -0.15) is 0 Å². The first-order chi connectivity index (χ1) is 12.8. The minimum atomic E-state index is -3.47. The summed E-state index contributed by atoms with van der Waals surface area (Å²) >= 11 is 0. The van der Waals surface area contributed by atoms with Crippen molar-refractivity contribution in [1.29, 1.82) is 0 Å². The van der Waals surface area contributed by atoms with Gasteiger partial charge in [0.2, 0.25) is 15.9 Å². The van der Waals surface area contributed by atoms with Crippen LogP contribution >= 0.6 is 0 Å². The van der Waals surface area contributed by atoms with Crippen molar-refractivity contribution in [3.05, 3.63) is 29.3 Å². The molecule has 1 saturated heterocycles. The van der Waals surface area contributed by atoms with E-state index in [0.717, 1.165) is 55.5 Å². The number of nitrogens with zero attached hydrogens (tertiary/aromatic N) is 2. The zero-order chi connectivity index (χ0) is 20.0. The number of sulfonamides is 1. The van der Waals surface area contributed by atoms with Crippen molar-refractivity contribution < 1.29 is 13.2 Å². The van der Waals surface area contributed by atoms with Gasteiger partial charge in [-0.1, -0.05) is 39.0 Å². The highest BCUT2D eigenvalue weighted by Crippen LogP contribution is 2.29. The molecular weight excluding hydrogens is 360 g/mol. The summed E-state index contributed by atoms with van der Waals surface area (Å²) in [7, 11) is -3.47. The maximum absolute atomic E-state index is 12.8. The van der Waals surface area contributed by atoms with Crippen LogP contribution in [0.15, 0.2) is 18.2 Å². The Labute approximate surface area is 164 Å². The standard InChI is InChI=1S/C21H34N2O3S/c1-5-17-11-10-12-18(6-2)21(17)23(27(4,25)26)16-14-20(24)22-15-9-8-13-19(22)7-3/h10-12,19H,5-9,13-16H2,1-4H3. The van der Waals surface area contributed by atoms with Gasteiger partial charge in [0.1, 0.15) is 0 Å². The molecule has 0 radical (unpaired) electrons. The fourth-order valence-electron chi connectivity index (χ4n) is 4.07. The molecule has 0 N–H and O–H groups in total. The van der Waals surface area contributed by atoms with Crippen LogP contribution in [0, 0.1) is 0 Å². The molecule has 0 aromatic heterocycles. The van der Waals surface area contributed by atoms with Crippen LogP contribution in [0.4, 0.5) is 5.69 Å². The molecular formula is C21H34N2O3S. The highest BCUT2D eigenvalue weighted by Gasteiger charge is 2.28. The Morgan fingerprint density at radius 1 is 1.15 bits per heavy atom. The van der Waals surface area contributed by atoms with Crippen LogP contribution < -0.4 is 4.31 Å². The molecule has 1 amide bonds. The lowest BCUT2D eigenvalue weighted by molar-refractivity contribution is -0.134. The molecule has 27 heavy (non-hydrogen) atoms. The zero-order valence-corrected chi connectivity index (χ0v) is 18.0. The molecule has 0 aliphatic carbocycles. The van der Waals surface area contributed by atoms with Gasteiger partial charge in [0.05, 0.1) is 11.9 Å². The van der Waals surface area contributed by atoms with Crippen LogP contribution in [0.5, 0.6) is 0 Å². The van der Waals surface area contributed by atoms with Crippen molar-refractivity contribution in [3.8, 4) is 0 Å². The molecule has 152 valence electrons. The summed E-state index contributed by atoms with van der Waals surface area (Å²) in [6, 6.07) is 6.23. The van der Waals surface area contributed by atoms with Gasteiger partial charge in [0.15, 0.2) is 0 Å². The fourth-order valence-corrected chi connectivity index (χ4v) is 5.06. The number of carbonyl (C=O) groups excluding carboxylic acids is 1. The van der Waals surface area contributed by atoms with E-state index in [4.69, 9.17) is 0 Å². The number of hydrogen-bond donors (Lipinski definition) is 0. The second-order valence-electron chi connectivity index (χ2n) is 7.36. The minimum absolute atomic E-state index is 0.0715. The Kier molecular flexibility index (Phi) is 7.71.